The first-order valence-electron chi connectivity index (χ1n) is 11.1. The van der Waals surface area contributed by atoms with E-state index in [-0.39, 0.29) is 11.8 Å². The molecule has 2 aromatic carbocycles. The summed E-state index contributed by atoms with van der Waals surface area (Å²) in [7, 11) is 8.07. The fourth-order valence-corrected chi connectivity index (χ4v) is 4.43. The SMILES string of the molecule is CN(C)CCN(C)C(=O)C1CCCN(c2cccc(-c3nc4ccccc4n3C)c2)C1. The van der Waals surface area contributed by atoms with Crippen molar-refractivity contribution in [3.8, 4) is 11.4 Å². The third-order valence-corrected chi connectivity index (χ3v) is 6.29. The van der Waals surface area contributed by atoms with Gasteiger partial charge in [-0.15, -0.1) is 0 Å². The van der Waals surface area contributed by atoms with Crippen LogP contribution in [0.15, 0.2) is 48.5 Å². The van der Waals surface area contributed by atoms with Crippen LogP contribution >= 0.6 is 0 Å². The van der Waals surface area contributed by atoms with Crippen LogP contribution in [0.4, 0.5) is 5.69 Å². The lowest BCUT2D eigenvalue weighted by Crippen LogP contribution is -2.45. The van der Waals surface area contributed by atoms with E-state index in [1.54, 1.807) is 0 Å². The number of carbonyl (C=O) groups excluding carboxylic acids is 1. The predicted molar refractivity (Wildman–Crippen MR) is 127 cm³/mol. The number of aromatic nitrogens is 2. The summed E-state index contributed by atoms with van der Waals surface area (Å²) in [4.78, 5) is 24.2. The van der Waals surface area contributed by atoms with Crippen molar-refractivity contribution in [2.75, 3.05) is 52.2 Å². The maximum atomic E-state index is 13.0. The molecule has 4 rings (SSSR count). The summed E-state index contributed by atoms with van der Waals surface area (Å²) in [6.45, 7) is 3.41. The number of rotatable bonds is 6. The van der Waals surface area contributed by atoms with Gasteiger partial charge in [0, 0.05) is 51.5 Å². The van der Waals surface area contributed by atoms with Gasteiger partial charge in [-0.2, -0.15) is 0 Å². The molecule has 31 heavy (non-hydrogen) atoms. The Labute approximate surface area is 185 Å². The summed E-state index contributed by atoms with van der Waals surface area (Å²) in [5, 5.41) is 0. The molecular formula is C25H33N5O. The maximum absolute atomic E-state index is 13.0. The lowest BCUT2D eigenvalue weighted by atomic mass is 9.96. The first-order valence-corrected chi connectivity index (χ1v) is 11.1. The highest BCUT2D eigenvalue weighted by Gasteiger charge is 2.28. The molecule has 6 heteroatoms. The molecule has 6 nitrogen and oxygen atoms in total. The minimum atomic E-state index is 0.0558. The highest BCUT2D eigenvalue weighted by Crippen LogP contribution is 2.29. The number of aryl methyl sites for hydroxylation is 1. The number of imidazole rings is 1. The van der Waals surface area contributed by atoms with Crippen LogP contribution in [0.1, 0.15) is 12.8 Å². The lowest BCUT2D eigenvalue weighted by molar-refractivity contribution is -0.134. The van der Waals surface area contributed by atoms with E-state index in [4.69, 9.17) is 4.98 Å². The molecule has 1 aliphatic heterocycles. The molecule has 0 N–H and O–H groups in total. The van der Waals surface area contributed by atoms with E-state index in [9.17, 15) is 4.79 Å². The van der Waals surface area contributed by atoms with Crippen LogP contribution < -0.4 is 4.90 Å². The molecule has 0 radical (unpaired) electrons. The molecule has 1 atom stereocenters. The van der Waals surface area contributed by atoms with Gasteiger partial charge in [-0.25, -0.2) is 4.98 Å². The summed E-state index contributed by atoms with van der Waals surface area (Å²) in [6, 6.07) is 16.8. The predicted octanol–water partition coefficient (Wildman–Crippen LogP) is 3.48. The molecule has 1 unspecified atom stereocenters. The Morgan fingerprint density at radius 3 is 2.68 bits per heavy atom. The Bertz CT molecular complexity index is 1060. The molecule has 1 fully saturated rings. The van der Waals surface area contributed by atoms with Crippen LogP contribution in [0.5, 0.6) is 0 Å². The van der Waals surface area contributed by atoms with E-state index in [2.05, 4.69) is 57.8 Å². The number of hydrogen-bond acceptors (Lipinski definition) is 4. The van der Waals surface area contributed by atoms with Gasteiger partial charge in [-0.05, 0) is 51.2 Å². The Kier molecular flexibility index (Phi) is 6.28. The molecule has 1 aromatic heterocycles. The van der Waals surface area contributed by atoms with Crippen LogP contribution in [0.25, 0.3) is 22.4 Å². The number of carbonyl (C=O) groups is 1. The minimum Gasteiger partial charge on any atom is -0.371 e. The topological polar surface area (TPSA) is 44.6 Å². The number of para-hydroxylation sites is 2. The van der Waals surface area contributed by atoms with E-state index in [1.807, 2.05) is 38.2 Å². The fraction of sp³-hybridized carbons (Fsp3) is 0.440. The van der Waals surface area contributed by atoms with Gasteiger partial charge in [0.05, 0.1) is 17.0 Å². The number of hydrogen-bond donors (Lipinski definition) is 0. The molecule has 2 heterocycles. The number of anilines is 1. The van der Waals surface area contributed by atoms with E-state index < -0.39 is 0 Å². The van der Waals surface area contributed by atoms with Crippen molar-refractivity contribution in [1.29, 1.82) is 0 Å². The smallest absolute Gasteiger partial charge is 0.227 e. The fourth-order valence-electron chi connectivity index (χ4n) is 4.43. The number of nitrogens with zero attached hydrogens (tertiary/aromatic N) is 5. The van der Waals surface area contributed by atoms with Gasteiger partial charge in [0.2, 0.25) is 5.91 Å². The molecule has 0 spiro atoms. The average molecular weight is 420 g/mol. The van der Waals surface area contributed by atoms with Gasteiger partial charge < -0.3 is 19.3 Å². The first kappa shape index (κ1) is 21.4. The largest absolute Gasteiger partial charge is 0.371 e. The zero-order valence-corrected chi connectivity index (χ0v) is 19.1. The van der Waals surface area contributed by atoms with Crippen molar-refractivity contribution in [2.24, 2.45) is 13.0 Å². The van der Waals surface area contributed by atoms with Crippen molar-refractivity contribution in [3.05, 3.63) is 48.5 Å². The number of fused-ring (bicyclic) bond motifs is 1. The van der Waals surface area contributed by atoms with Crippen molar-refractivity contribution in [3.63, 3.8) is 0 Å². The minimum absolute atomic E-state index is 0.0558. The highest BCUT2D eigenvalue weighted by molar-refractivity contribution is 5.81. The molecule has 1 saturated heterocycles. The monoisotopic (exact) mass is 419 g/mol. The molecule has 164 valence electrons. The van der Waals surface area contributed by atoms with Crippen molar-refractivity contribution < 1.29 is 4.79 Å². The molecule has 0 aliphatic carbocycles. The van der Waals surface area contributed by atoms with E-state index in [0.717, 1.165) is 67.1 Å². The zero-order valence-electron chi connectivity index (χ0n) is 19.1. The molecule has 0 saturated carbocycles. The van der Waals surface area contributed by atoms with Crippen LogP contribution in [0, 0.1) is 5.92 Å². The Morgan fingerprint density at radius 2 is 1.90 bits per heavy atom. The van der Waals surface area contributed by atoms with Gasteiger partial charge in [0.15, 0.2) is 0 Å². The first-order chi connectivity index (χ1) is 14.9. The lowest BCUT2D eigenvalue weighted by Gasteiger charge is -2.35. The second kappa shape index (κ2) is 9.10. The maximum Gasteiger partial charge on any atom is 0.227 e. The Balaban J connectivity index is 1.52. The molecule has 1 aliphatic rings. The van der Waals surface area contributed by atoms with Gasteiger partial charge in [0.25, 0.3) is 0 Å². The van der Waals surface area contributed by atoms with Crippen LogP contribution in [0.3, 0.4) is 0 Å². The molecule has 3 aromatic rings. The quantitative estimate of drug-likeness (QED) is 0.614. The number of amides is 1. The number of benzene rings is 2. The molecular weight excluding hydrogens is 386 g/mol. The standard InChI is InChI=1S/C25H33N5O/c1-27(2)15-16-28(3)25(31)20-10-8-14-30(18-20)21-11-7-9-19(17-21)24-26-22-12-5-6-13-23(22)29(24)4/h5-7,9,11-13,17,20H,8,10,14-16,18H2,1-4H3. The Morgan fingerprint density at radius 1 is 1.10 bits per heavy atom. The van der Waals surface area contributed by atoms with E-state index in [1.165, 1.54) is 0 Å². The molecule has 1 amide bonds. The van der Waals surface area contributed by atoms with Gasteiger partial charge in [0.1, 0.15) is 5.82 Å². The van der Waals surface area contributed by atoms with Gasteiger partial charge in [-0.1, -0.05) is 24.3 Å². The zero-order chi connectivity index (χ0) is 22.0. The van der Waals surface area contributed by atoms with Crippen molar-refractivity contribution >= 4 is 22.6 Å². The third kappa shape index (κ3) is 4.59. The summed E-state index contributed by atoms with van der Waals surface area (Å²) in [6.07, 6.45) is 2.00. The van der Waals surface area contributed by atoms with Crippen LogP contribution in [-0.4, -0.2) is 72.6 Å². The van der Waals surface area contributed by atoms with E-state index in [0.29, 0.717) is 0 Å². The summed E-state index contributed by atoms with van der Waals surface area (Å²) in [5.41, 5.74) is 4.41. The highest BCUT2D eigenvalue weighted by atomic mass is 16.2. The van der Waals surface area contributed by atoms with E-state index >= 15 is 0 Å². The Hall–Kier alpha value is -2.86. The molecule has 0 bridgehead atoms. The summed E-state index contributed by atoms with van der Waals surface area (Å²) in [5.74, 6) is 1.29. The van der Waals surface area contributed by atoms with Crippen LogP contribution in [-0.2, 0) is 11.8 Å². The van der Waals surface area contributed by atoms with Gasteiger partial charge >= 0.3 is 0 Å². The van der Waals surface area contributed by atoms with Crippen molar-refractivity contribution in [1.82, 2.24) is 19.4 Å². The second-order valence-electron chi connectivity index (χ2n) is 8.88. The average Bonchev–Trinajstić information content (AvgIpc) is 3.14. The summed E-state index contributed by atoms with van der Waals surface area (Å²) < 4.78 is 2.15. The normalized spacial score (nSPS) is 16.8. The van der Waals surface area contributed by atoms with Gasteiger partial charge in [-0.3, -0.25) is 4.79 Å². The summed E-state index contributed by atoms with van der Waals surface area (Å²) >= 11 is 0. The van der Waals surface area contributed by atoms with Crippen molar-refractivity contribution in [2.45, 2.75) is 12.8 Å². The number of piperidine rings is 1. The third-order valence-electron chi connectivity index (χ3n) is 6.29. The second-order valence-corrected chi connectivity index (χ2v) is 8.88. The number of likely N-dealkylation sites (N-methyl/N-ethyl adjacent to an activating group) is 2. The van der Waals surface area contributed by atoms with Crippen LogP contribution in [0.2, 0.25) is 0 Å².